The Hall–Kier alpha value is -2.09. The summed E-state index contributed by atoms with van der Waals surface area (Å²) in [6, 6.07) is 11.4. The number of piperidine rings is 1. The molecule has 1 fully saturated rings. The van der Waals surface area contributed by atoms with Crippen LogP contribution in [0.2, 0.25) is 5.02 Å². The van der Waals surface area contributed by atoms with Gasteiger partial charge in [0.1, 0.15) is 5.75 Å². The Morgan fingerprint density at radius 1 is 1.23 bits per heavy atom. The molecule has 162 valence electrons. The van der Waals surface area contributed by atoms with Crippen molar-refractivity contribution in [1.82, 2.24) is 9.21 Å². The van der Waals surface area contributed by atoms with Crippen LogP contribution in [0.5, 0.6) is 5.75 Å². The molecule has 1 saturated heterocycles. The van der Waals surface area contributed by atoms with E-state index in [1.54, 1.807) is 54.9 Å². The van der Waals surface area contributed by atoms with Crippen molar-refractivity contribution in [3.05, 3.63) is 58.6 Å². The molecule has 0 bridgehead atoms. The predicted octanol–water partition coefficient (Wildman–Crippen LogP) is 4.18. The number of methoxy groups -OCH3 is 1. The van der Waals surface area contributed by atoms with Crippen LogP contribution in [0.25, 0.3) is 0 Å². The van der Waals surface area contributed by atoms with Gasteiger partial charge in [0.05, 0.1) is 12.0 Å². The van der Waals surface area contributed by atoms with E-state index in [1.807, 2.05) is 6.92 Å². The van der Waals surface area contributed by atoms with E-state index in [1.165, 1.54) is 11.0 Å². The zero-order chi connectivity index (χ0) is 21.9. The van der Waals surface area contributed by atoms with Crippen LogP contribution in [0.1, 0.15) is 42.1 Å². The predicted molar refractivity (Wildman–Crippen MR) is 117 cm³/mol. The van der Waals surface area contributed by atoms with Gasteiger partial charge in [-0.25, -0.2) is 8.42 Å². The van der Waals surface area contributed by atoms with Crippen molar-refractivity contribution in [2.75, 3.05) is 20.7 Å². The average molecular weight is 451 g/mol. The molecule has 3 rings (SSSR count). The van der Waals surface area contributed by atoms with Gasteiger partial charge in [-0.1, -0.05) is 24.1 Å². The molecular formula is C22H27ClN2O4S. The van der Waals surface area contributed by atoms with Gasteiger partial charge < -0.3 is 9.64 Å². The van der Waals surface area contributed by atoms with Gasteiger partial charge in [-0.3, -0.25) is 4.79 Å². The Morgan fingerprint density at radius 2 is 2.00 bits per heavy atom. The van der Waals surface area contributed by atoms with E-state index in [2.05, 4.69) is 0 Å². The Kier molecular flexibility index (Phi) is 7.06. The van der Waals surface area contributed by atoms with E-state index in [-0.39, 0.29) is 23.4 Å². The van der Waals surface area contributed by atoms with E-state index in [9.17, 15) is 13.2 Å². The van der Waals surface area contributed by atoms with Crippen LogP contribution in [0.4, 0.5) is 0 Å². The quantitative estimate of drug-likeness (QED) is 0.662. The second-order valence-corrected chi connectivity index (χ2v) is 9.93. The van der Waals surface area contributed by atoms with Crippen LogP contribution < -0.4 is 4.74 Å². The molecule has 8 heteroatoms. The number of nitrogens with zero attached hydrogens (tertiary/aromatic N) is 2. The molecule has 2 aromatic carbocycles. The average Bonchev–Trinajstić information content (AvgIpc) is 2.73. The number of halogens is 1. The maximum absolute atomic E-state index is 13.1. The van der Waals surface area contributed by atoms with Gasteiger partial charge in [-0.2, -0.15) is 4.31 Å². The molecule has 1 atom stereocenters. The molecule has 1 heterocycles. The number of hydrogen-bond acceptors (Lipinski definition) is 4. The first-order valence-electron chi connectivity index (χ1n) is 9.94. The third-order valence-corrected chi connectivity index (χ3v) is 7.67. The Morgan fingerprint density at radius 3 is 2.70 bits per heavy atom. The van der Waals surface area contributed by atoms with Gasteiger partial charge in [0.25, 0.3) is 5.91 Å². The summed E-state index contributed by atoms with van der Waals surface area (Å²) in [6.07, 6.45) is 2.73. The van der Waals surface area contributed by atoms with Crippen LogP contribution in [0.15, 0.2) is 47.4 Å². The van der Waals surface area contributed by atoms with Crippen LogP contribution >= 0.6 is 11.6 Å². The lowest BCUT2D eigenvalue weighted by molar-refractivity contribution is 0.0784. The fourth-order valence-electron chi connectivity index (χ4n) is 3.77. The zero-order valence-corrected chi connectivity index (χ0v) is 19.0. The molecule has 1 unspecified atom stereocenters. The summed E-state index contributed by atoms with van der Waals surface area (Å²) in [4.78, 5) is 14.7. The highest BCUT2D eigenvalue weighted by Gasteiger charge is 2.31. The Balaban J connectivity index is 1.83. The number of carbonyl (C=O) groups excluding carboxylic acids is 1. The molecule has 1 aliphatic heterocycles. The lowest BCUT2D eigenvalue weighted by atomic mass is 10.1. The molecule has 0 radical (unpaired) electrons. The number of rotatable bonds is 6. The lowest BCUT2D eigenvalue weighted by Gasteiger charge is -2.32. The molecule has 0 N–H and O–H groups in total. The Bertz CT molecular complexity index is 1030. The summed E-state index contributed by atoms with van der Waals surface area (Å²) in [5.74, 6) is 0.357. The number of sulfonamides is 1. The third-order valence-electron chi connectivity index (χ3n) is 5.43. The largest absolute Gasteiger partial charge is 0.496 e. The van der Waals surface area contributed by atoms with Gasteiger partial charge in [0.2, 0.25) is 10.0 Å². The van der Waals surface area contributed by atoms with Crippen molar-refractivity contribution in [2.45, 2.75) is 43.7 Å². The second kappa shape index (κ2) is 9.37. The molecule has 0 aromatic heterocycles. The number of hydrogen-bond donors (Lipinski definition) is 0. The first-order valence-corrected chi connectivity index (χ1v) is 11.8. The minimum Gasteiger partial charge on any atom is -0.496 e. The van der Waals surface area contributed by atoms with Gasteiger partial charge in [-0.15, -0.1) is 0 Å². The molecule has 0 aliphatic carbocycles. The highest BCUT2D eigenvalue weighted by Crippen LogP contribution is 2.27. The molecule has 1 amide bonds. The van der Waals surface area contributed by atoms with E-state index in [0.29, 0.717) is 22.9 Å². The molecule has 1 aliphatic rings. The number of amides is 1. The number of ether oxygens (including phenoxy) is 1. The molecule has 0 spiro atoms. The van der Waals surface area contributed by atoms with Gasteiger partial charge >= 0.3 is 0 Å². The van der Waals surface area contributed by atoms with Crippen molar-refractivity contribution in [3.8, 4) is 5.75 Å². The van der Waals surface area contributed by atoms with Gasteiger partial charge in [0, 0.05) is 42.3 Å². The zero-order valence-electron chi connectivity index (χ0n) is 17.5. The van der Waals surface area contributed by atoms with Gasteiger partial charge in [-0.05, 0) is 56.2 Å². The molecule has 30 heavy (non-hydrogen) atoms. The summed E-state index contributed by atoms with van der Waals surface area (Å²) in [7, 11) is -0.420. The molecule has 0 saturated carbocycles. The highest BCUT2D eigenvalue weighted by atomic mass is 35.5. The van der Waals surface area contributed by atoms with Crippen molar-refractivity contribution < 1.29 is 17.9 Å². The maximum atomic E-state index is 13.1. The van der Waals surface area contributed by atoms with E-state index >= 15 is 0 Å². The summed E-state index contributed by atoms with van der Waals surface area (Å²) in [6.45, 7) is 2.72. The maximum Gasteiger partial charge on any atom is 0.253 e. The van der Waals surface area contributed by atoms with Crippen molar-refractivity contribution in [3.63, 3.8) is 0 Å². The van der Waals surface area contributed by atoms with Crippen molar-refractivity contribution >= 4 is 27.5 Å². The third kappa shape index (κ3) is 4.79. The minimum absolute atomic E-state index is 0.0407. The smallest absolute Gasteiger partial charge is 0.253 e. The van der Waals surface area contributed by atoms with Gasteiger partial charge in [0.15, 0.2) is 0 Å². The fraction of sp³-hybridized carbons (Fsp3) is 0.409. The summed E-state index contributed by atoms with van der Waals surface area (Å²) in [5, 5.41) is 0.551. The first kappa shape index (κ1) is 22.6. The van der Waals surface area contributed by atoms with Crippen LogP contribution in [0.3, 0.4) is 0 Å². The van der Waals surface area contributed by atoms with Crippen LogP contribution in [0, 0.1) is 0 Å². The van der Waals surface area contributed by atoms with E-state index in [4.69, 9.17) is 16.3 Å². The topological polar surface area (TPSA) is 66.9 Å². The highest BCUT2D eigenvalue weighted by molar-refractivity contribution is 7.89. The first-order chi connectivity index (χ1) is 14.2. The minimum atomic E-state index is -3.64. The van der Waals surface area contributed by atoms with E-state index in [0.717, 1.165) is 24.8 Å². The summed E-state index contributed by atoms with van der Waals surface area (Å²) in [5.41, 5.74) is 1.09. The number of carbonyl (C=O) groups is 1. The van der Waals surface area contributed by atoms with Crippen LogP contribution in [-0.2, 0) is 16.6 Å². The Labute approximate surface area is 183 Å². The summed E-state index contributed by atoms with van der Waals surface area (Å²) >= 11 is 6.08. The number of benzene rings is 2. The summed E-state index contributed by atoms with van der Waals surface area (Å²) < 4.78 is 33.1. The second-order valence-electron chi connectivity index (χ2n) is 7.61. The normalized spacial score (nSPS) is 17.5. The molecule has 2 aromatic rings. The fourth-order valence-corrected chi connectivity index (χ4v) is 5.71. The molecular weight excluding hydrogens is 424 g/mol. The van der Waals surface area contributed by atoms with Crippen molar-refractivity contribution in [1.29, 1.82) is 0 Å². The lowest BCUT2D eigenvalue weighted by Crippen LogP contribution is -2.42. The SMILES string of the molecule is COc1ccc(Cl)cc1CN(C)C(=O)c1cccc(S(=O)(=O)N2CCCCC2C)c1. The van der Waals surface area contributed by atoms with E-state index < -0.39 is 10.0 Å². The standard InChI is InChI=1S/C22H27ClN2O4S/c1-16-7-4-5-12-25(16)30(27,28)20-9-6-8-17(14-20)22(26)24(2)15-18-13-19(23)10-11-21(18)29-3/h6,8-11,13-14,16H,4-5,7,12,15H2,1-3H3. The van der Waals surface area contributed by atoms with Crippen LogP contribution in [-0.4, -0.2) is 50.3 Å². The monoisotopic (exact) mass is 450 g/mol. The van der Waals surface area contributed by atoms with Crippen molar-refractivity contribution in [2.24, 2.45) is 0 Å². The molecule has 6 nitrogen and oxygen atoms in total.